The first-order valence-electron chi connectivity index (χ1n) is 6.38. The van der Waals surface area contributed by atoms with Gasteiger partial charge in [0.2, 0.25) is 0 Å². The van der Waals surface area contributed by atoms with E-state index >= 15 is 0 Å². The molecular formula is C14H15BrFN3OS. The highest BCUT2D eigenvalue weighted by molar-refractivity contribution is 9.10. The predicted molar refractivity (Wildman–Crippen MR) is 87.0 cm³/mol. The van der Waals surface area contributed by atoms with E-state index in [1.54, 1.807) is 6.07 Å². The van der Waals surface area contributed by atoms with E-state index in [0.717, 1.165) is 15.9 Å². The van der Waals surface area contributed by atoms with Crippen LogP contribution in [-0.4, -0.2) is 14.8 Å². The molecule has 2 rings (SSSR count). The van der Waals surface area contributed by atoms with Crippen molar-refractivity contribution in [1.82, 2.24) is 9.78 Å². The van der Waals surface area contributed by atoms with E-state index in [1.165, 1.54) is 12.1 Å². The third kappa shape index (κ3) is 3.41. The number of halogens is 2. The average Bonchev–Trinajstić information content (AvgIpc) is 2.72. The van der Waals surface area contributed by atoms with E-state index in [4.69, 9.17) is 22.7 Å². The standard InChI is InChI=1S/C14H15BrFN3OS/c1-3-19-11(13(15)8(2)18-19)7-20-12-5-4-9(14(17)21)6-10(12)16/h4-6H,3,7H2,1-2H3,(H2,17,21). The molecule has 0 spiro atoms. The van der Waals surface area contributed by atoms with E-state index in [9.17, 15) is 4.39 Å². The van der Waals surface area contributed by atoms with Crippen molar-refractivity contribution in [3.05, 3.63) is 45.4 Å². The molecule has 112 valence electrons. The summed E-state index contributed by atoms with van der Waals surface area (Å²) in [5.74, 6) is -0.334. The zero-order valence-electron chi connectivity index (χ0n) is 11.7. The van der Waals surface area contributed by atoms with E-state index in [0.29, 0.717) is 12.1 Å². The van der Waals surface area contributed by atoms with Crippen LogP contribution in [0.2, 0.25) is 0 Å². The van der Waals surface area contributed by atoms with Crippen LogP contribution in [0, 0.1) is 12.7 Å². The van der Waals surface area contributed by atoms with Gasteiger partial charge < -0.3 is 10.5 Å². The number of ether oxygens (including phenoxy) is 1. The number of hydrogen-bond donors (Lipinski definition) is 1. The molecule has 0 amide bonds. The minimum atomic E-state index is -0.490. The van der Waals surface area contributed by atoms with Crippen molar-refractivity contribution in [3.63, 3.8) is 0 Å². The Hall–Kier alpha value is -1.47. The maximum absolute atomic E-state index is 13.9. The largest absolute Gasteiger partial charge is 0.484 e. The maximum Gasteiger partial charge on any atom is 0.165 e. The lowest BCUT2D eigenvalue weighted by Gasteiger charge is -2.10. The summed E-state index contributed by atoms with van der Waals surface area (Å²) < 4.78 is 22.2. The van der Waals surface area contributed by atoms with Crippen molar-refractivity contribution < 1.29 is 9.13 Å². The van der Waals surface area contributed by atoms with Crippen LogP contribution in [0.1, 0.15) is 23.9 Å². The molecule has 2 aromatic rings. The number of rotatable bonds is 5. The second kappa shape index (κ2) is 6.53. The Bertz CT molecular complexity index is 687. The summed E-state index contributed by atoms with van der Waals surface area (Å²) in [6, 6.07) is 4.44. The van der Waals surface area contributed by atoms with Crippen molar-refractivity contribution in [2.24, 2.45) is 5.73 Å². The molecule has 0 saturated carbocycles. The molecule has 0 radical (unpaired) electrons. The van der Waals surface area contributed by atoms with Gasteiger partial charge in [-0.05, 0) is 48.0 Å². The summed E-state index contributed by atoms with van der Waals surface area (Å²) in [5.41, 5.74) is 7.68. The van der Waals surface area contributed by atoms with Crippen LogP contribution >= 0.6 is 28.1 Å². The van der Waals surface area contributed by atoms with Crippen molar-refractivity contribution in [2.75, 3.05) is 0 Å². The monoisotopic (exact) mass is 371 g/mol. The van der Waals surface area contributed by atoms with Crippen LogP contribution in [0.5, 0.6) is 5.75 Å². The van der Waals surface area contributed by atoms with Crippen molar-refractivity contribution in [1.29, 1.82) is 0 Å². The number of hydrogen-bond acceptors (Lipinski definition) is 3. The fourth-order valence-corrected chi connectivity index (χ4v) is 2.45. The molecule has 0 aliphatic heterocycles. The molecule has 0 atom stereocenters. The second-order valence-electron chi connectivity index (χ2n) is 4.46. The van der Waals surface area contributed by atoms with Crippen molar-refractivity contribution in [3.8, 4) is 5.75 Å². The lowest BCUT2D eigenvalue weighted by molar-refractivity contribution is 0.277. The molecule has 0 unspecified atom stereocenters. The topological polar surface area (TPSA) is 53.1 Å². The molecule has 0 saturated heterocycles. The smallest absolute Gasteiger partial charge is 0.165 e. The lowest BCUT2D eigenvalue weighted by Crippen LogP contribution is -2.10. The molecule has 7 heteroatoms. The van der Waals surface area contributed by atoms with Gasteiger partial charge in [-0.1, -0.05) is 12.2 Å². The number of aryl methyl sites for hydroxylation is 2. The number of benzene rings is 1. The maximum atomic E-state index is 13.9. The highest BCUT2D eigenvalue weighted by Gasteiger charge is 2.14. The summed E-state index contributed by atoms with van der Waals surface area (Å²) in [6.45, 7) is 4.82. The van der Waals surface area contributed by atoms with Crippen molar-refractivity contribution in [2.45, 2.75) is 27.0 Å². The quantitative estimate of drug-likeness (QED) is 0.819. The van der Waals surface area contributed by atoms with E-state index in [1.807, 2.05) is 18.5 Å². The second-order valence-corrected chi connectivity index (χ2v) is 5.69. The molecule has 1 aromatic carbocycles. The van der Waals surface area contributed by atoms with E-state index in [2.05, 4.69) is 21.0 Å². The third-order valence-corrected chi connectivity index (χ3v) is 4.30. The molecule has 1 aromatic heterocycles. The molecule has 0 aliphatic carbocycles. The highest BCUT2D eigenvalue weighted by atomic mass is 79.9. The number of nitrogens with two attached hydrogens (primary N) is 1. The zero-order valence-corrected chi connectivity index (χ0v) is 14.1. The first-order chi connectivity index (χ1) is 9.93. The predicted octanol–water partition coefficient (Wildman–Crippen LogP) is 3.33. The molecule has 0 aliphatic rings. The zero-order chi connectivity index (χ0) is 15.6. The number of nitrogens with zero attached hydrogens (tertiary/aromatic N) is 2. The Morgan fingerprint density at radius 1 is 1.52 bits per heavy atom. The Morgan fingerprint density at radius 2 is 2.24 bits per heavy atom. The third-order valence-electron chi connectivity index (χ3n) is 3.03. The van der Waals surface area contributed by atoms with Crippen LogP contribution in [0.25, 0.3) is 0 Å². The van der Waals surface area contributed by atoms with Crippen LogP contribution in [0.15, 0.2) is 22.7 Å². The summed E-state index contributed by atoms with van der Waals surface area (Å²) >= 11 is 8.29. The Morgan fingerprint density at radius 3 is 2.81 bits per heavy atom. The van der Waals surface area contributed by atoms with E-state index in [-0.39, 0.29) is 17.3 Å². The van der Waals surface area contributed by atoms with Crippen molar-refractivity contribution >= 4 is 33.1 Å². The highest BCUT2D eigenvalue weighted by Crippen LogP contribution is 2.24. The molecule has 2 N–H and O–H groups in total. The van der Waals surface area contributed by atoms with Crippen LogP contribution in [-0.2, 0) is 13.2 Å². The van der Waals surface area contributed by atoms with Crippen LogP contribution in [0.3, 0.4) is 0 Å². The van der Waals surface area contributed by atoms with Crippen LogP contribution < -0.4 is 10.5 Å². The first kappa shape index (κ1) is 15.9. The molecule has 0 fully saturated rings. The normalized spacial score (nSPS) is 10.7. The molecule has 21 heavy (non-hydrogen) atoms. The van der Waals surface area contributed by atoms with Crippen LogP contribution in [0.4, 0.5) is 4.39 Å². The van der Waals surface area contributed by atoms with Gasteiger partial charge in [0.15, 0.2) is 11.6 Å². The first-order valence-corrected chi connectivity index (χ1v) is 7.58. The van der Waals surface area contributed by atoms with Gasteiger partial charge in [-0.3, -0.25) is 4.68 Å². The molecule has 4 nitrogen and oxygen atoms in total. The minimum absolute atomic E-state index is 0.155. The Balaban J connectivity index is 2.19. The van der Waals surface area contributed by atoms with Gasteiger partial charge in [-0.2, -0.15) is 5.10 Å². The van der Waals surface area contributed by atoms with Gasteiger partial charge in [0.1, 0.15) is 11.6 Å². The molecular weight excluding hydrogens is 357 g/mol. The fraction of sp³-hybridized carbons (Fsp3) is 0.286. The summed E-state index contributed by atoms with van der Waals surface area (Å²) in [4.78, 5) is 0.155. The number of thiocarbonyl (C=S) groups is 1. The summed E-state index contributed by atoms with van der Waals surface area (Å²) in [7, 11) is 0. The molecule has 1 heterocycles. The summed E-state index contributed by atoms with van der Waals surface area (Å²) in [6.07, 6.45) is 0. The summed E-state index contributed by atoms with van der Waals surface area (Å²) in [5, 5.41) is 4.36. The number of aromatic nitrogens is 2. The fourth-order valence-electron chi connectivity index (χ4n) is 1.92. The van der Waals surface area contributed by atoms with Gasteiger partial charge in [0.25, 0.3) is 0 Å². The van der Waals surface area contributed by atoms with Gasteiger partial charge >= 0.3 is 0 Å². The Kier molecular flexibility index (Phi) is 4.95. The minimum Gasteiger partial charge on any atom is -0.484 e. The molecule has 0 bridgehead atoms. The SMILES string of the molecule is CCn1nc(C)c(Br)c1COc1ccc(C(N)=S)cc1F. The average molecular weight is 372 g/mol. The Labute approximate surface area is 136 Å². The van der Waals surface area contributed by atoms with E-state index < -0.39 is 5.82 Å². The van der Waals surface area contributed by atoms with Gasteiger partial charge in [0, 0.05) is 12.1 Å². The van der Waals surface area contributed by atoms with Gasteiger partial charge in [-0.25, -0.2) is 4.39 Å². The lowest BCUT2D eigenvalue weighted by atomic mass is 10.2. The van der Waals surface area contributed by atoms with Gasteiger partial charge in [0.05, 0.1) is 15.9 Å². The van der Waals surface area contributed by atoms with Gasteiger partial charge in [-0.15, -0.1) is 0 Å².